The molecule has 0 aliphatic rings. The highest BCUT2D eigenvalue weighted by Gasteiger charge is 2.31. The zero-order valence-electron chi connectivity index (χ0n) is 10.2. The molecule has 1 amide bonds. The van der Waals surface area contributed by atoms with Crippen molar-refractivity contribution in [2.45, 2.75) is 31.0 Å². The number of halogens is 1. The van der Waals surface area contributed by atoms with Gasteiger partial charge in [-0.1, -0.05) is 22.9 Å². The molecule has 1 rings (SSSR count). The summed E-state index contributed by atoms with van der Waals surface area (Å²) < 4.78 is 26.0. The van der Waals surface area contributed by atoms with Gasteiger partial charge < -0.3 is 5.73 Å². The summed E-state index contributed by atoms with van der Waals surface area (Å²) in [7, 11) is -3.80. The van der Waals surface area contributed by atoms with E-state index >= 15 is 0 Å². The predicted molar refractivity (Wildman–Crippen MR) is 70.1 cm³/mol. The Kier molecular flexibility index (Phi) is 4.71. The summed E-state index contributed by atoms with van der Waals surface area (Å²) in [4.78, 5) is 14.8. The van der Waals surface area contributed by atoms with Crippen molar-refractivity contribution in [3.05, 3.63) is 10.2 Å². The highest BCUT2D eigenvalue weighted by molar-refractivity contribution is 7.91. The Hall–Kier alpha value is -0.700. The van der Waals surface area contributed by atoms with Gasteiger partial charge >= 0.3 is 0 Å². The van der Waals surface area contributed by atoms with E-state index in [9.17, 15) is 13.2 Å². The smallest absolute Gasteiger partial charge is 0.255 e. The van der Waals surface area contributed by atoms with Gasteiger partial charge in [0.1, 0.15) is 0 Å². The van der Waals surface area contributed by atoms with Gasteiger partial charge in [0.25, 0.3) is 10.0 Å². The van der Waals surface area contributed by atoms with Crippen molar-refractivity contribution in [2.75, 3.05) is 6.54 Å². The SMILES string of the molecule is Cc1nc(Cl)sc1S(=O)(=O)N(CC(N)=O)C(C)C. The van der Waals surface area contributed by atoms with Gasteiger partial charge in [0.2, 0.25) is 5.91 Å². The first-order chi connectivity index (χ1) is 8.16. The molecular formula is C9H14ClN3O3S2. The Morgan fingerprint density at radius 2 is 2.11 bits per heavy atom. The number of nitrogens with two attached hydrogens (primary N) is 1. The van der Waals surface area contributed by atoms with Crippen LogP contribution in [0.4, 0.5) is 0 Å². The first-order valence-corrected chi connectivity index (χ1v) is 7.72. The molecule has 0 aliphatic carbocycles. The number of primary amides is 1. The van der Waals surface area contributed by atoms with E-state index in [0.717, 1.165) is 15.6 Å². The van der Waals surface area contributed by atoms with Gasteiger partial charge in [0.15, 0.2) is 8.68 Å². The minimum Gasteiger partial charge on any atom is -0.369 e. The molecule has 0 aromatic carbocycles. The fraction of sp³-hybridized carbons (Fsp3) is 0.556. The number of carbonyl (C=O) groups excluding carboxylic acids is 1. The van der Waals surface area contributed by atoms with E-state index in [-0.39, 0.29) is 21.3 Å². The molecule has 0 bridgehead atoms. The minimum absolute atomic E-state index is 0.0439. The normalized spacial score (nSPS) is 12.3. The number of hydrogen-bond donors (Lipinski definition) is 1. The van der Waals surface area contributed by atoms with E-state index in [1.807, 2.05) is 0 Å². The van der Waals surface area contributed by atoms with Gasteiger partial charge in [0.05, 0.1) is 12.2 Å². The maximum atomic E-state index is 12.4. The summed E-state index contributed by atoms with van der Waals surface area (Å²) >= 11 is 6.56. The van der Waals surface area contributed by atoms with Crippen LogP contribution in [0.5, 0.6) is 0 Å². The molecule has 102 valence electrons. The molecule has 1 aromatic rings. The third-order valence-corrected chi connectivity index (χ3v) is 6.03. The number of aryl methyl sites for hydroxylation is 1. The van der Waals surface area contributed by atoms with Gasteiger partial charge in [-0.3, -0.25) is 4.79 Å². The summed E-state index contributed by atoms with van der Waals surface area (Å²) in [5, 5.41) is 0. The molecule has 0 unspecified atom stereocenters. The van der Waals surface area contributed by atoms with Crippen LogP contribution in [0.2, 0.25) is 4.47 Å². The van der Waals surface area contributed by atoms with E-state index in [0.29, 0.717) is 5.69 Å². The first-order valence-electron chi connectivity index (χ1n) is 5.09. The fourth-order valence-corrected chi connectivity index (χ4v) is 4.85. The van der Waals surface area contributed by atoms with E-state index in [4.69, 9.17) is 17.3 Å². The molecule has 1 heterocycles. The number of carbonyl (C=O) groups is 1. The highest BCUT2D eigenvalue weighted by Crippen LogP contribution is 2.30. The molecule has 0 fully saturated rings. The first kappa shape index (κ1) is 15.4. The van der Waals surface area contributed by atoms with Crippen molar-refractivity contribution in [3.8, 4) is 0 Å². The summed E-state index contributed by atoms with van der Waals surface area (Å²) in [5.74, 6) is -0.708. The number of rotatable bonds is 5. The maximum Gasteiger partial charge on any atom is 0.255 e. The van der Waals surface area contributed by atoms with Crippen molar-refractivity contribution in [1.29, 1.82) is 0 Å². The van der Waals surface area contributed by atoms with Crippen LogP contribution in [0.15, 0.2) is 4.21 Å². The van der Waals surface area contributed by atoms with Crippen molar-refractivity contribution >= 4 is 38.9 Å². The number of aromatic nitrogens is 1. The second-order valence-electron chi connectivity index (χ2n) is 3.95. The van der Waals surface area contributed by atoms with Crippen LogP contribution in [0.25, 0.3) is 0 Å². The van der Waals surface area contributed by atoms with E-state index in [1.165, 1.54) is 0 Å². The second kappa shape index (κ2) is 5.52. The Morgan fingerprint density at radius 1 is 1.56 bits per heavy atom. The van der Waals surface area contributed by atoms with Crippen LogP contribution in [-0.2, 0) is 14.8 Å². The molecule has 9 heteroatoms. The van der Waals surface area contributed by atoms with Crippen molar-refractivity contribution in [1.82, 2.24) is 9.29 Å². The zero-order chi connectivity index (χ0) is 14.1. The quantitative estimate of drug-likeness (QED) is 0.877. The molecule has 18 heavy (non-hydrogen) atoms. The minimum atomic E-state index is -3.80. The molecule has 1 aromatic heterocycles. The largest absolute Gasteiger partial charge is 0.369 e. The second-order valence-corrected chi connectivity index (χ2v) is 7.62. The average Bonchev–Trinajstić information content (AvgIpc) is 2.54. The van der Waals surface area contributed by atoms with Crippen LogP contribution in [0.1, 0.15) is 19.5 Å². The third-order valence-electron chi connectivity index (χ3n) is 2.16. The number of thiazole rings is 1. The summed E-state index contributed by atoms with van der Waals surface area (Å²) in [6.07, 6.45) is 0. The van der Waals surface area contributed by atoms with E-state index in [2.05, 4.69) is 4.98 Å². The monoisotopic (exact) mass is 311 g/mol. The Bertz CT molecular complexity index is 553. The van der Waals surface area contributed by atoms with Crippen molar-refractivity contribution < 1.29 is 13.2 Å². The van der Waals surface area contributed by atoms with Gasteiger partial charge in [-0.25, -0.2) is 13.4 Å². The highest BCUT2D eigenvalue weighted by atomic mass is 35.5. The predicted octanol–water partition coefficient (Wildman–Crippen LogP) is 0.989. The van der Waals surface area contributed by atoms with Gasteiger partial charge in [-0.15, -0.1) is 0 Å². The topological polar surface area (TPSA) is 93.4 Å². The molecule has 6 nitrogen and oxygen atoms in total. The lowest BCUT2D eigenvalue weighted by atomic mass is 10.4. The van der Waals surface area contributed by atoms with Crippen LogP contribution in [-0.4, -0.2) is 36.2 Å². The van der Waals surface area contributed by atoms with Gasteiger partial charge in [0, 0.05) is 6.04 Å². The summed E-state index contributed by atoms with van der Waals surface area (Å²) in [6, 6.07) is -0.386. The lowest BCUT2D eigenvalue weighted by Gasteiger charge is -2.23. The lowest BCUT2D eigenvalue weighted by Crippen LogP contribution is -2.42. The Morgan fingerprint density at radius 3 is 2.44 bits per heavy atom. The molecular weight excluding hydrogens is 298 g/mol. The number of sulfonamides is 1. The Balaban J connectivity index is 3.25. The van der Waals surface area contributed by atoms with Crippen LogP contribution in [0, 0.1) is 6.92 Å². The number of hydrogen-bond acceptors (Lipinski definition) is 5. The molecule has 0 saturated carbocycles. The van der Waals surface area contributed by atoms with Crippen molar-refractivity contribution in [3.63, 3.8) is 0 Å². The van der Waals surface area contributed by atoms with E-state index < -0.39 is 15.9 Å². The van der Waals surface area contributed by atoms with Crippen LogP contribution >= 0.6 is 22.9 Å². The average molecular weight is 312 g/mol. The van der Waals surface area contributed by atoms with Crippen LogP contribution < -0.4 is 5.73 Å². The molecule has 0 spiro atoms. The third kappa shape index (κ3) is 3.19. The zero-order valence-corrected chi connectivity index (χ0v) is 12.6. The number of amides is 1. The molecule has 0 atom stereocenters. The molecule has 2 N–H and O–H groups in total. The van der Waals surface area contributed by atoms with E-state index in [1.54, 1.807) is 20.8 Å². The maximum absolute atomic E-state index is 12.4. The van der Waals surface area contributed by atoms with Gasteiger partial charge in [-0.05, 0) is 20.8 Å². The van der Waals surface area contributed by atoms with Crippen LogP contribution in [0.3, 0.4) is 0 Å². The Labute approximate surface area is 115 Å². The molecule has 0 saturated heterocycles. The molecule has 0 radical (unpaired) electrons. The van der Waals surface area contributed by atoms with Crippen molar-refractivity contribution in [2.24, 2.45) is 5.73 Å². The standard InChI is InChI=1S/C9H14ClN3O3S2/c1-5(2)13(4-7(11)14)18(15,16)8-6(3)12-9(10)17-8/h5H,4H2,1-3H3,(H2,11,14). The number of nitrogens with zero attached hydrogens (tertiary/aromatic N) is 2. The lowest BCUT2D eigenvalue weighted by molar-refractivity contribution is -0.118. The van der Waals surface area contributed by atoms with Gasteiger partial charge in [-0.2, -0.15) is 4.31 Å². The fourth-order valence-electron chi connectivity index (χ4n) is 1.40. The summed E-state index contributed by atoms with van der Waals surface area (Å²) in [5.41, 5.74) is 5.39. The summed E-state index contributed by atoms with van der Waals surface area (Å²) in [6.45, 7) is 4.52. The molecule has 0 aliphatic heterocycles.